The normalized spacial score (nSPS) is 17.8. The molecule has 1 atom stereocenters. The van der Waals surface area contributed by atoms with Gasteiger partial charge in [-0.05, 0) is 18.6 Å². The largest absolute Gasteiger partial charge is 0.495 e. The second kappa shape index (κ2) is 8.44. The van der Waals surface area contributed by atoms with E-state index in [1.807, 2.05) is 13.0 Å². The quantitative estimate of drug-likeness (QED) is 0.887. The number of hydrogen-bond acceptors (Lipinski definition) is 4. The lowest BCUT2D eigenvalue weighted by Gasteiger charge is -2.23. The third-order valence-electron chi connectivity index (χ3n) is 3.19. The lowest BCUT2D eigenvalue weighted by molar-refractivity contribution is -0.117. The topological polar surface area (TPSA) is 59.6 Å². The molecule has 0 aliphatic carbocycles. The van der Waals surface area contributed by atoms with Crippen LogP contribution in [-0.4, -0.2) is 38.8 Å². The first-order valence-electron chi connectivity index (χ1n) is 6.55. The van der Waals surface area contributed by atoms with E-state index in [1.54, 1.807) is 13.2 Å². The average molecular weight is 335 g/mol. The van der Waals surface area contributed by atoms with E-state index in [9.17, 15) is 4.79 Å². The van der Waals surface area contributed by atoms with Gasteiger partial charge in [-0.2, -0.15) is 0 Å². The highest BCUT2D eigenvalue weighted by Gasteiger charge is 2.18. The summed E-state index contributed by atoms with van der Waals surface area (Å²) in [4.78, 5) is 12.0. The molecule has 1 aromatic carbocycles. The molecule has 1 fully saturated rings. The zero-order chi connectivity index (χ0) is 14.5. The standard InChI is InChI=1S/C14H19ClN2O3.ClH/c1-9-5-12(13(19-2)7-11(9)15)17-14(18)6-10-8-20-4-3-16-10;/h5,7,10,16H,3-4,6,8H2,1-2H3,(H,17,18);1H. The van der Waals surface area contributed by atoms with Crippen LogP contribution < -0.4 is 15.4 Å². The van der Waals surface area contributed by atoms with Gasteiger partial charge < -0.3 is 20.1 Å². The molecule has 1 aromatic rings. The second-order valence-electron chi connectivity index (χ2n) is 4.78. The Bertz CT molecular complexity index is 491. The van der Waals surface area contributed by atoms with Gasteiger partial charge in [-0.25, -0.2) is 0 Å². The van der Waals surface area contributed by atoms with Gasteiger partial charge in [0.05, 0.1) is 26.0 Å². The SMILES string of the molecule is COc1cc(Cl)c(C)cc1NC(=O)CC1COCCN1.Cl. The molecular formula is C14H20Cl2N2O3. The Hall–Kier alpha value is -1.01. The molecule has 1 saturated heterocycles. The highest BCUT2D eigenvalue weighted by molar-refractivity contribution is 6.31. The van der Waals surface area contributed by atoms with Gasteiger partial charge in [0.1, 0.15) is 5.75 Å². The minimum Gasteiger partial charge on any atom is -0.495 e. The summed E-state index contributed by atoms with van der Waals surface area (Å²) < 4.78 is 10.6. The van der Waals surface area contributed by atoms with Gasteiger partial charge in [0.2, 0.25) is 5.91 Å². The molecule has 1 heterocycles. The van der Waals surface area contributed by atoms with Crippen LogP contribution in [0.1, 0.15) is 12.0 Å². The fourth-order valence-electron chi connectivity index (χ4n) is 2.11. The van der Waals surface area contributed by atoms with Crippen molar-refractivity contribution in [2.24, 2.45) is 0 Å². The van der Waals surface area contributed by atoms with Crippen LogP contribution in [0.5, 0.6) is 5.75 Å². The van der Waals surface area contributed by atoms with Gasteiger partial charge in [0, 0.05) is 30.1 Å². The minimum atomic E-state index is -0.0759. The highest BCUT2D eigenvalue weighted by atomic mass is 35.5. The fraction of sp³-hybridized carbons (Fsp3) is 0.500. The predicted molar refractivity (Wildman–Crippen MR) is 85.8 cm³/mol. The Kier molecular flexibility index (Phi) is 7.25. The van der Waals surface area contributed by atoms with Crippen LogP contribution in [0.25, 0.3) is 0 Å². The van der Waals surface area contributed by atoms with Crippen molar-refractivity contribution in [3.8, 4) is 5.75 Å². The number of methoxy groups -OCH3 is 1. The van der Waals surface area contributed by atoms with E-state index >= 15 is 0 Å². The predicted octanol–water partition coefficient (Wildman–Crippen LogP) is 2.40. The summed E-state index contributed by atoms with van der Waals surface area (Å²) in [6, 6.07) is 3.57. The van der Waals surface area contributed by atoms with Gasteiger partial charge in [0.15, 0.2) is 0 Å². The van der Waals surface area contributed by atoms with Crippen molar-refractivity contribution in [2.45, 2.75) is 19.4 Å². The molecule has 1 amide bonds. The molecule has 2 rings (SSSR count). The number of ether oxygens (including phenoxy) is 2. The smallest absolute Gasteiger partial charge is 0.226 e. The number of halogens is 2. The number of benzene rings is 1. The van der Waals surface area contributed by atoms with Crippen LogP contribution in [0.15, 0.2) is 12.1 Å². The van der Waals surface area contributed by atoms with Crippen LogP contribution >= 0.6 is 24.0 Å². The van der Waals surface area contributed by atoms with Crippen LogP contribution in [0.3, 0.4) is 0 Å². The lowest BCUT2D eigenvalue weighted by Crippen LogP contribution is -2.43. The van der Waals surface area contributed by atoms with Crippen molar-refractivity contribution >= 4 is 35.6 Å². The van der Waals surface area contributed by atoms with E-state index < -0.39 is 0 Å². The molecule has 0 spiro atoms. The minimum absolute atomic E-state index is 0. The van der Waals surface area contributed by atoms with Crippen molar-refractivity contribution in [2.75, 3.05) is 32.2 Å². The molecule has 21 heavy (non-hydrogen) atoms. The van der Waals surface area contributed by atoms with E-state index in [-0.39, 0.29) is 24.4 Å². The third kappa shape index (κ3) is 5.04. The number of hydrogen-bond donors (Lipinski definition) is 2. The van der Waals surface area contributed by atoms with Gasteiger partial charge in [-0.15, -0.1) is 12.4 Å². The van der Waals surface area contributed by atoms with Crippen LogP contribution in [0, 0.1) is 6.92 Å². The van der Waals surface area contributed by atoms with Crippen LogP contribution in [-0.2, 0) is 9.53 Å². The molecule has 0 bridgehead atoms. The second-order valence-corrected chi connectivity index (χ2v) is 5.19. The van der Waals surface area contributed by atoms with Gasteiger partial charge in [-0.3, -0.25) is 4.79 Å². The van der Waals surface area contributed by atoms with Crippen molar-refractivity contribution in [1.82, 2.24) is 5.32 Å². The number of carbonyl (C=O) groups is 1. The summed E-state index contributed by atoms with van der Waals surface area (Å²) in [5.74, 6) is 0.481. The first kappa shape index (κ1) is 18.0. The number of rotatable bonds is 4. The van der Waals surface area contributed by atoms with Crippen molar-refractivity contribution in [1.29, 1.82) is 0 Å². The fourth-order valence-corrected chi connectivity index (χ4v) is 2.26. The Balaban J connectivity index is 0.00000220. The molecule has 1 aliphatic rings. The Morgan fingerprint density at radius 2 is 2.33 bits per heavy atom. The summed E-state index contributed by atoms with van der Waals surface area (Å²) in [7, 11) is 1.55. The van der Waals surface area contributed by atoms with Gasteiger partial charge in [0.25, 0.3) is 0 Å². The summed E-state index contributed by atoms with van der Waals surface area (Å²) in [6.45, 7) is 3.92. The average Bonchev–Trinajstić information content (AvgIpc) is 2.43. The van der Waals surface area contributed by atoms with Crippen LogP contribution in [0.4, 0.5) is 5.69 Å². The number of morpholine rings is 1. The Morgan fingerprint density at radius 1 is 1.57 bits per heavy atom. The van der Waals surface area contributed by atoms with E-state index in [1.165, 1.54) is 0 Å². The lowest BCUT2D eigenvalue weighted by atomic mass is 10.1. The van der Waals surface area contributed by atoms with Gasteiger partial charge >= 0.3 is 0 Å². The zero-order valence-electron chi connectivity index (χ0n) is 12.1. The van der Waals surface area contributed by atoms with Crippen molar-refractivity contribution in [3.05, 3.63) is 22.7 Å². The number of nitrogens with one attached hydrogen (secondary N) is 2. The monoisotopic (exact) mass is 334 g/mol. The molecule has 0 saturated carbocycles. The third-order valence-corrected chi connectivity index (χ3v) is 3.59. The maximum Gasteiger partial charge on any atom is 0.226 e. The van der Waals surface area contributed by atoms with Crippen molar-refractivity contribution in [3.63, 3.8) is 0 Å². The number of anilines is 1. The molecule has 0 aromatic heterocycles. The van der Waals surface area contributed by atoms with Gasteiger partial charge in [-0.1, -0.05) is 11.6 Å². The summed E-state index contributed by atoms with van der Waals surface area (Å²) >= 11 is 6.04. The van der Waals surface area contributed by atoms with Crippen LogP contribution in [0.2, 0.25) is 5.02 Å². The highest BCUT2D eigenvalue weighted by Crippen LogP contribution is 2.31. The molecule has 2 N–H and O–H groups in total. The summed E-state index contributed by atoms with van der Waals surface area (Å²) in [5, 5.41) is 6.72. The molecule has 1 unspecified atom stereocenters. The van der Waals surface area contributed by atoms with E-state index in [2.05, 4.69) is 10.6 Å². The van der Waals surface area contributed by atoms with E-state index in [4.69, 9.17) is 21.1 Å². The molecule has 5 nitrogen and oxygen atoms in total. The number of amides is 1. The maximum absolute atomic E-state index is 12.0. The first-order chi connectivity index (χ1) is 9.60. The summed E-state index contributed by atoms with van der Waals surface area (Å²) in [5.41, 5.74) is 1.53. The van der Waals surface area contributed by atoms with Crippen molar-refractivity contribution < 1.29 is 14.3 Å². The van der Waals surface area contributed by atoms with E-state index in [0.29, 0.717) is 36.1 Å². The molecular weight excluding hydrogens is 315 g/mol. The Morgan fingerprint density at radius 3 is 2.95 bits per heavy atom. The first-order valence-corrected chi connectivity index (χ1v) is 6.93. The molecule has 7 heteroatoms. The number of carbonyl (C=O) groups excluding carboxylic acids is 1. The van der Waals surface area contributed by atoms with E-state index in [0.717, 1.165) is 12.1 Å². The summed E-state index contributed by atoms with van der Waals surface area (Å²) in [6.07, 6.45) is 0.366. The Labute approximate surface area is 135 Å². The molecule has 0 radical (unpaired) electrons. The maximum atomic E-state index is 12.0. The molecule has 118 valence electrons. The molecule has 1 aliphatic heterocycles. The zero-order valence-corrected chi connectivity index (χ0v) is 13.6. The number of aryl methyl sites for hydroxylation is 1.